The maximum absolute atomic E-state index is 12.3. The Morgan fingerprint density at radius 2 is 1.75 bits per heavy atom. The standard InChI is InChI=1S/C11H10F3NO/c1-7(16)10(15-2)8-3-5-9(6-4-8)11(12,13)14/h3-6,16H,1H2,2H3. The van der Waals surface area contributed by atoms with Crippen molar-refractivity contribution in [1.82, 2.24) is 0 Å². The number of rotatable bonds is 2. The normalized spacial score (nSPS) is 12.6. The molecular formula is C11H10F3NO. The molecular weight excluding hydrogens is 219 g/mol. The van der Waals surface area contributed by atoms with Gasteiger partial charge >= 0.3 is 6.18 Å². The first-order chi connectivity index (χ1) is 7.36. The SMILES string of the molecule is C=C(O)C(=NC)c1ccc(C(F)(F)F)cc1. The highest BCUT2D eigenvalue weighted by atomic mass is 19.4. The van der Waals surface area contributed by atoms with Crippen molar-refractivity contribution in [1.29, 1.82) is 0 Å². The van der Waals surface area contributed by atoms with Gasteiger partial charge in [0.05, 0.1) is 5.56 Å². The van der Waals surface area contributed by atoms with Gasteiger partial charge in [0.2, 0.25) is 0 Å². The fourth-order valence-corrected chi connectivity index (χ4v) is 1.24. The van der Waals surface area contributed by atoms with Crippen LogP contribution in [-0.2, 0) is 6.18 Å². The number of hydrogen-bond donors (Lipinski definition) is 1. The quantitative estimate of drug-likeness (QED) is 0.613. The molecule has 0 heterocycles. The fraction of sp³-hybridized carbons (Fsp3) is 0.182. The molecule has 86 valence electrons. The number of nitrogens with zero attached hydrogens (tertiary/aromatic N) is 1. The molecule has 2 nitrogen and oxygen atoms in total. The first-order valence-corrected chi connectivity index (χ1v) is 4.39. The third kappa shape index (κ3) is 2.62. The second-order valence-corrected chi connectivity index (χ2v) is 3.09. The van der Waals surface area contributed by atoms with Gasteiger partial charge in [0.25, 0.3) is 0 Å². The third-order valence-corrected chi connectivity index (χ3v) is 1.98. The molecule has 0 aliphatic rings. The van der Waals surface area contributed by atoms with Crippen molar-refractivity contribution in [3.8, 4) is 0 Å². The lowest BCUT2D eigenvalue weighted by Crippen LogP contribution is -2.07. The van der Waals surface area contributed by atoms with Crippen LogP contribution in [0, 0.1) is 0 Å². The molecule has 5 heteroatoms. The highest BCUT2D eigenvalue weighted by Crippen LogP contribution is 2.29. The van der Waals surface area contributed by atoms with Crippen LogP contribution in [0.2, 0.25) is 0 Å². The molecule has 0 atom stereocenters. The molecule has 0 bridgehead atoms. The van der Waals surface area contributed by atoms with E-state index in [1.807, 2.05) is 0 Å². The Morgan fingerprint density at radius 3 is 2.06 bits per heavy atom. The molecule has 16 heavy (non-hydrogen) atoms. The van der Waals surface area contributed by atoms with Crippen LogP contribution in [0.1, 0.15) is 11.1 Å². The smallest absolute Gasteiger partial charge is 0.416 e. The van der Waals surface area contributed by atoms with Crippen LogP contribution >= 0.6 is 0 Å². The van der Waals surface area contributed by atoms with Crippen molar-refractivity contribution in [2.24, 2.45) is 4.99 Å². The molecule has 1 aromatic rings. The summed E-state index contributed by atoms with van der Waals surface area (Å²) in [5.74, 6) is -0.276. The molecule has 0 amide bonds. The molecule has 0 aliphatic heterocycles. The predicted molar refractivity (Wildman–Crippen MR) is 55.7 cm³/mol. The molecule has 0 saturated heterocycles. The number of halogens is 3. The van der Waals surface area contributed by atoms with Gasteiger partial charge in [-0.3, -0.25) is 4.99 Å². The number of aliphatic hydroxyl groups excluding tert-OH is 1. The molecule has 0 unspecified atom stereocenters. The average Bonchev–Trinajstić information content (AvgIpc) is 2.17. The van der Waals surface area contributed by atoms with Gasteiger partial charge in [-0.05, 0) is 12.1 Å². The molecule has 0 aromatic heterocycles. The molecule has 0 radical (unpaired) electrons. The topological polar surface area (TPSA) is 32.6 Å². The number of alkyl halides is 3. The molecule has 1 rings (SSSR count). The Kier molecular flexibility index (Phi) is 3.37. The number of aliphatic imine (C=N–C) groups is 1. The third-order valence-electron chi connectivity index (χ3n) is 1.98. The van der Waals surface area contributed by atoms with Crippen LogP contribution in [0.3, 0.4) is 0 Å². The second kappa shape index (κ2) is 4.38. The van der Waals surface area contributed by atoms with Crippen molar-refractivity contribution in [2.45, 2.75) is 6.18 Å². The van der Waals surface area contributed by atoms with Gasteiger partial charge < -0.3 is 5.11 Å². The van der Waals surface area contributed by atoms with Crippen LogP contribution in [0.5, 0.6) is 0 Å². The van der Waals surface area contributed by atoms with E-state index >= 15 is 0 Å². The average molecular weight is 229 g/mol. The van der Waals surface area contributed by atoms with Gasteiger partial charge in [-0.25, -0.2) is 0 Å². The summed E-state index contributed by atoms with van der Waals surface area (Å²) in [6.07, 6.45) is -4.36. The lowest BCUT2D eigenvalue weighted by molar-refractivity contribution is -0.137. The van der Waals surface area contributed by atoms with Crippen LogP contribution in [0.25, 0.3) is 0 Å². The van der Waals surface area contributed by atoms with E-state index in [1.165, 1.54) is 19.2 Å². The zero-order chi connectivity index (χ0) is 12.3. The van der Waals surface area contributed by atoms with Crippen LogP contribution in [0.4, 0.5) is 13.2 Å². The Balaban J connectivity index is 3.09. The Labute approximate surface area is 90.8 Å². The summed E-state index contributed by atoms with van der Waals surface area (Å²) in [4.78, 5) is 3.74. The molecule has 0 fully saturated rings. The molecule has 1 aromatic carbocycles. The van der Waals surface area contributed by atoms with Gasteiger partial charge in [0.1, 0.15) is 11.5 Å². The lowest BCUT2D eigenvalue weighted by Gasteiger charge is -2.08. The molecule has 0 saturated carbocycles. The Bertz CT molecular complexity index is 418. The molecule has 0 spiro atoms. The van der Waals surface area contributed by atoms with Crippen molar-refractivity contribution >= 4 is 5.71 Å². The summed E-state index contributed by atoms with van der Waals surface area (Å²) in [6, 6.07) is 4.35. The highest BCUT2D eigenvalue weighted by Gasteiger charge is 2.30. The summed E-state index contributed by atoms with van der Waals surface area (Å²) in [6.45, 7) is 3.28. The summed E-state index contributed by atoms with van der Waals surface area (Å²) in [5.41, 5.74) is -0.174. The van der Waals surface area contributed by atoms with Crippen LogP contribution < -0.4 is 0 Å². The largest absolute Gasteiger partial charge is 0.506 e. The Hall–Kier alpha value is -1.78. The summed E-state index contributed by atoms with van der Waals surface area (Å²) >= 11 is 0. The highest BCUT2D eigenvalue weighted by molar-refractivity contribution is 6.10. The van der Waals surface area contributed by atoms with Crippen molar-refractivity contribution in [3.63, 3.8) is 0 Å². The van der Waals surface area contributed by atoms with E-state index in [4.69, 9.17) is 5.11 Å². The van der Waals surface area contributed by atoms with Crippen LogP contribution in [0.15, 0.2) is 41.6 Å². The van der Waals surface area contributed by atoms with Gasteiger partial charge in [-0.2, -0.15) is 13.2 Å². The van der Waals surface area contributed by atoms with E-state index in [0.717, 1.165) is 12.1 Å². The van der Waals surface area contributed by atoms with Gasteiger partial charge in [0, 0.05) is 12.6 Å². The number of allylic oxidation sites excluding steroid dienone is 1. The first-order valence-electron chi connectivity index (χ1n) is 4.39. The zero-order valence-corrected chi connectivity index (χ0v) is 8.54. The summed E-state index contributed by atoms with van der Waals surface area (Å²) < 4.78 is 36.8. The minimum Gasteiger partial charge on any atom is -0.506 e. The van der Waals surface area contributed by atoms with E-state index in [-0.39, 0.29) is 11.5 Å². The monoisotopic (exact) mass is 229 g/mol. The minimum atomic E-state index is -4.36. The van der Waals surface area contributed by atoms with E-state index < -0.39 is 11.7 Å². The van der Waals surface area contributed by atoms with E-state index in [2.05, 4.69) is 11.6 Å². The minimum absolute atomic E-state index is 0.175. The zero-order valence-electron chi connectivity index (χ0n) is 8.54. The predicted octanol–water partition coefficient (Wildman–Crippen LogP) is 3.20. The van der Waals surface area contributed by atoms with E-state index in [0.29, 0.717) is 5.56 Å². The van der Waals surface area contributed by atoms with Crippen molar-refractivity contribution < 1.29 is 18.3 Å². The number of hydrogen-bond acceptors (Lipinski definition) is 2. The molecule has 0 aliphatic carbocycles. The fourth-order valence-electron chi connectivity index (χ4n) is 1.24. The maximum Gasteiger partial charge on any atom is 0.416 e. The number of aliphatic hydroxyl groups is 1. The first kappa shape index (κ1) is 12.3. The molecule has 1 N–H and O–H groups in total. The lowest BCUT2D eigenvalue weighted by atomic mass is 10.1. The summed E-state index contributed by atoms with van der Waals surface area (Å²) in [5, 5.41) is 9.15. The number of benzene rings is 1. The van der Waals surface area contributed by atoms with E-state index in [9.17, 15) is 13.2 Å². The Morgan fingerprint density at radius 1 is 1.25 bits per heavy atom. The van der Waals surface area contributed by atoms with Crippen molar-refractivity contribution in [2.75, 3.05) is 7.05 Å². The maximum atomic E-state index is 12.3. The van der Waals surface area contributed by atoms with Crippen molar-refractivity contribution in [3.05, 3.63) is 47.7 Å². The van der Waals surface area contributed by atoms with Crippen LogP contribution in [-0.4, -0.2) is 17.9 Å². The van der Waals surface area contributed by atoms with Gasteiger partial charge in [-0.15, -0.1) is 0 Å². The second-order valence-electron chi connectivity index (χ2n) is 3.09. The van der Waals surface area contributed by atoms with E-state index in [1.54, 1.807) is 0 Å². The summed E-state index contributed by atoms with van der Waals surface area (Å²) in [7, 11) is 1.43. The van der Waals surface area contributed by atoms with Gasteiger partial charge in [0.15, 0.2) is 0 Å². The van der Waals surface area contributed by atoms with Gasteiger partial charge in [-0.1, -0.05) is 18.7 Å².